The summed E-state index contributed by atoms with van der Waals surface area (Å²) in [5.74, 6) is 1.48. The fraction of sp³-hybridized carbons (Fsp3) is 0.438. The van der Waals surface area contributed by atoms with Gasteiger partial charge in [0, 0.05) is 11.5 Å². The molecule has 2 atom stereocenters. The lowest BCUT2D eigenvalue weighted by molar-refractivity contribution is 0.0956. The molecule has 4 rings (SSSR count). The van der Waals surface area contributed by atoms with Crippen molar-refractivity contribution in [3.63, 3.8) is 0 Å². The van der Waals surface area contributed by atoms with Crippen LogP contribution in [0.25, 0.3) is 11.0 Å². The number of Topliss-reactive ketones (excluding diaryl/α,β-unsaturated/α-hetero) is 1. The van der Waals surface area contributed by atoms with Crippen molar-refractivity contribution in [3.8, 4) is 0 Å². The Labute approximate surface area is 120 Å². The molecule has 1 aromatic heterocycles. The van der Waals surface area contributed by atoms with E-state index < -0.39 is 11.1 Å². The van der Waals surface area contributed by atoms with E-state index in [1.54, 1.807) is 18.2 Å². The Morgan fingerprint density at radius 2 is 1.57 bits per heavy atom. The summed E-state index contributed by atoms with van der Waals surface area (Å²) in [5.41, 5.74) is 0.324. The minimum absolute atomic E-state index is 0.166. The SMILES string of the molecule is O=C(c1ccc2[nH]c(=O)c(=O)[nH]c2c1)C1C2CCCCC21. The number of carbonyl (C=O) groups is 1. The summed E-state index contributed by atoms with van der Waals surface area (Å²) in [6, 6.07) is 5.11. The summed E-state index contributed by atoms with van der Waals surface area (Å²) >= 11 is 0. The zero-order chi connectivity index (χ0) is 14.6. The average Bonchev–Trinajstić information content (AvgIpc) is 3.21. The van der Waals surface area contributed by atoms with E-state index in [0.717, 1.165) is 0 Å². The van der Waals surface area contributed by atoms with E-state index >= 15 is 0 Å². The number of ketones is 1. The standard InChI is InChI=1S/C16H16N2O3/c19-14(13-9-3-1-2-4-10(9)13)8-5-6-11-12(7-8)18-16(21)15(20)17-11/h5-7,9-10,13H,1-4H2,(H,17,20)(H,18,21). The third-order valence-corrected chi connectivity index (χ3v) is 4.97. The maximum Gasteiger partial charge on any atom is 0.314 e. The zero-order valence-electron chi connectivity index (χ0n) is 11.5. The molecular formula is C16H16N2O3. The number of hydrogen-bond donors (Lipinski definition) is 2. The maximum atomic E-state index is 12.6. The van der Waals surface area contributed by atoms with Gasteiger partial charge in [-0.15, -0.1) is 0 Å². The number of rotatable bonds is 2. The lowest BCUT2D eigenvalue weighted by atomic mass is 10.0. The number of hydrogen-bond acceptors (Lipinski definition) is 3. The van der Waals surface area contributed by atoms with Crippen LogP contribution in [0.1, 0.15) is 36.0 Å². The molecule has 2 unspecified atom stereocenters. The van der Waals surface area contributed by atoms with Gasteiger partial charge in [0.1, 0.15) is 0 Å². The first-order valence-electron chi connectivity index (χ1n) is 7.46. The highest BCUT2D eigenvalue weighted by Crippen LogP contribution is 2.56. The Bertz CT molecular complexity index is 836. The smallest absolute Gasteiger partial charge is 0.314 e. The van der Waals surface area contributed by atoms with Crippen LogP contribution < -0.4 is 11.1 Å². The summed E-state index contributed by atoms with van der Waals surface area (Å²) in [6.07, 6.45) is 4.80. The predicted molar refractivity (Wildman–Crippen MR) is 78.5 cm³/mol. The third kappa shape index (κ3) is 1.95. The first kappa shape index (κ1) is 12.6. The van der Waals surface area contributed by atoms with E-state index in [9.17, 15) is 14.4 Å². The van der Waals surface area contributed by atoms with Crippen molar-refractivity contribution in [2.45, 2.75) is 25.7 Å². The highest BCUT2D eigenvalue weighted by Gasteiger charge is 2.54. The lowest BCUT2D eigenvalue weighted by Crippen LogP contribution is -2.29. The van der Waals surface area contributed by atoms with Crippen molar-refractivity contribution in [1.29, 1.82) is 0 Å². The van der Waals surface area contributed by atoms with E-state index in [-0.39, 0.29) is 11.7 Å². The second-order valence-electron chi connectivity index (χ2n) is 6.17. The fourth-order valence-corrected chi connectivity index (χ4v) is 3.84. The normalized spacial score (nSPS) is 27.3. The molecule has 0 saturated heterocycles. The molecule has 2 aliphatic carbocycles. The minimum Gasteiger partial charge on any atom is -0.316 e. The third-order valence-electron chi connectivity index (χ3n) is 4.97. The first-order valence-corrected chi connectivity index (χ1v) is 7.46. The van der Waals surface area contributed by atoms with Gasteiger partial charge in [-0.2, -0.15) is 0 Å². The Morgan fingerprint density at radius 1 is 0.952 bits per heavy atom. The van der Waals surface area contributed by atoms with Crippen molar-refractivity contribution in [2.24, 2.45) is 17.8 Å². The number of carbonyl (C=O) groups excluding carboxylic acids is 1. The van der Waals surface area contributed by atoms with Crippen molar-refractivity contribution in [3.05, 3.63) is 44.5 Å². The van der Waals surface area contributed by atoms with Gasteiger partial charge in [0.25, 0.3) is 0 Å². The minimum atomic E-state index is -0.688. The monoisotopic (exact) mass is 284 g/mol. The Morgan fingerprint density at radius 3 is 2.24 bits per heavy atom. The van der Waals surface area contributed by atoms with Crippen molar-refractivity contribution in [2.75, 3.05) is 0 Å². The molecule has 2 N–H and O–H groups in total. The number of aromatic amines is 2. The van der Waals surface area contributed by atoms with Gasteiger partial charge in [-0.05, 0) is 42.9 Å². The van der Waals surface area contributed by atoms with Crippen LogP contribution in [0.2, 0.25) is 0 Å². The molecule has 5 nitrogen and oxygen atoms in total. The van der Waals surface area contributed by atoms with Gasteiger partial charge in [-0.25, -0.2) is 0 Å². The quantitative estimate of drug-likeness (QED) is 0.652. The van der Waals surface area contributed by atoms with Gasteiger partial charge in [-0.1, -0.05) is 12.8 Å². The zero-order valence-corrected chi connectivity index (χ0v) is 11.5. The van der Waals surface area contributed by atoms with Crippen LogP contribution >= 0.6 is 0 Å². The van der Waals surface area contributed by atoms with Crippen LogP contribution in [0.15, 0.2) is 27.8 Å². The molecule has 2 saturated carbocycles. The molecule has 1 heterocycles. The van der Waals surface area contributed by atoms with Crippen molar-refractivity contribution >= 4 is 16.8 Å². The van der Waals surface area contributed by atoms with Gasteiger partial charge < -0.3 is 9.97 Å². The molecule has 2 aliphatic rings. The second kappa shape index (κ2) is 4.41. The van der Waals surface area contributed by atoms with Crippen LogP contribution in [0.5, 0.6) is 0 Å². The Balaban J connectivity index is 1.71. The summed E-state index contributed by atoms with van der Waals surface area (Å²) in [5, 5.41) is 0. The van der Waals surface area contributed by atoms with E-state index in [4.69, 9.17) is 0 Å². The summed E-state index contributed by atoms with van der Waals surface area (Å²) < 4.78 is 0. The van der Waals surface area contributed by atoms with Gasteiger partial charge in [0.05, 0.1) is 11.0 Å². The van der Waals surface area contributed by atoms with Crippen molar-refractivity contribution < 1.29 is 4.79 Å². The average molecular weight is 284 g/mol. The second-order valence-corrected chi connectivity index (χ2v) is 6.17. The molecule has 0 amide bonds. The van der Waals surface area contributed by atoms with E-state index in [2.05, 4.69) is 9.97 Å². The lowest BCUT2D eigenvalue weighted by Gasteiger charge is -2.04. The largest absolute Gasteiger partial charge is 0.316 e. The number of aromatic nitrogens is 2. The van der Waals surface area contributed by atoms with Gasteiger partial charge in [-0.3, -0.25) is 14.4 Å². The van der Waals surface area contributed by atoms with E-state index in [1.165, 1.54) is 25.7 Å². The number of H-pyrrole nitrogens is 2. The highest BCUT2D eigenvalue weighted by atomic mass is 16.2. The summed E-state index contributed by atoms with van der Waals surface area (Å²) in [4.78, 5) is 40.3. The van der Waals surface area contributed by atoms with Gasteiger partial charge >= 0.3 is 11.1 Å². The Hall–Kier alpha value is -2.17. The van der Waals surface area contributed by atoms with Crippen LogP contribution in [-0.4, -0.2) is 15.8 Å². The van der Waals surface area contributed by atoms with Crippen molar-refractivity contribution in [1.82, 2.24) is 9.97 Å². The maximum absolute atomic E-state index is 12.6. The molecule has 0 aliphatic heterocycles. The molecule has 5 heteroatoms. The molecular weight excluding hydrogens is 268 g/mol. The van der Waals surface area contributed by atoms with E-state index in [1.807, 2.05) is 0 Å². The fourth-order valence-electron chi connectivity index (χ4n) is 3.84. The number of fused-ring (bicyclic) bond motifs is 2. The number of benzene rings is 1. The van der Waals surface area contributed by atoms with Crippen LogP contribution in [0, 0.1) is 17.8 Å². The molecule has 1 aromatic carbocycles. The van der Waals surface area contributed by atoms with Crippen LogP contribution in [0.3, 0.4) is 0 Å². The van der Waals surface area contributed by atoms with Gasteiger partial charge in [0.2, 0.25) is 0 Å². The summed E-state index contributed by atoms with van der Waals surface area (Å²) in [7, 11) is 0. The molecule has 108 valence electrons. The highest BCUT2D eigenvalue weighted by molar-refractivity contribution is 6.02. The van der Waals surface area contributed by atoms with E-state index in [0.29, 0.717) is 28.4 Å². The summed E-state index contributed by atoms with van der Waals surface area (Å²) in [6.45, 7) is 0. The van der Waals surface area contributed by atoms with Crippen LogP contribution in [0.4, 0.5) is 0 Å². The number of nitrogens with one attached hydrogen (secondary N) is 2. The molecule has 0 bridgehead atoms. The molecule has 2 aromatic rings. The first-order chi connectivity index (χ1) is 10.1. The molecule has 0 radical (unpaired) electrons. The molecule has 21 heavy (non-hydrogen) atoms. The predicted octanol–water partition coefficient (Wildman–Crippen LogP) is 1.84. The molecule has 2 fully saturated rings. The Kier molecular flexibility index (Phi) is 2.64. The van der Waals surface area contributed by atoms with Crippen LogP contribution in [-0.2, 0) is 0 Å². The molecule has 0 spiro atoms. The topological polar surface area (TPSA) is 82.8 Å². The van der Waals surface area contributed by atoms with Gasteiger partial charge in [0.15, 0.2) is 5.78 Å².